The third-order valence-electron chi connectivity index (χ3n) is 2.35. The van der Waals surface area contributed by atoms with Crippen LogP contribution in [-0.2, 0) is 9.53 Å². The Morgan fingerprint density at radius 1 is 1.53 bits per heavy atom. The Labute approximate surface area is 100 Å². The molecule has 1 rings (SSSR count). The number of methoxy groups -OCH3 is 1. The maximum Gasteiger partial charge on any atom is 0.327 e. The molecule has 0 aliphatic carbocycles. The van der Waals surface area contributed by atoms with Gasteiger partial charge in [0.15, 0.2) is 11.5 Å². The van der Waals surface area contributed by atoms with Gasteiger partial charge in [-0.25, -0.2) is 4.79 Å². The van der Waals surface area contributed by atoms with E-state index in [-0.39, 0.29) is 11.7 Å². The number of likely N-dealkylation sites (N-methyl/N-ethyl adjacent to an activating group) is 1. The number of phenols is 1. The highest BCUT2D eigenvalue weighted by atomic mass is 16.5. The SMILES string of the molecule is CCOC(=O)C(NC)c1ccc(OC)c(O)c1. The van der Waals surface area contributed by atoms with E-state index in [0.717, 1.165) is 0 Å². The first-order valence-corrected chi connectivity index (χ1v) is 5.34. The fraction of sp³-hybridized carbons (Fsp3) is 0.417. The zero-order chi connectivity index (χ0) is 12.8. The lowest BCUT2D eigenvalue weighted by atomic mass is 10.1. The van der Waals surface area contributed by atoms with Crippen molar-refractivity contribution in [2.45, 2.75) is 13.0 Å². The van der Waals surface area contributed by atoms with Crippen molar-refractivity contribution < 1.29 is 19.4 Å². The molecule has 1 atom stereocenters. The first-order valence-electron chi connectivity index (χ1n) is 5.34. The Kier molecular flexibility index (Phi) is 4.78. The molecule has 0 spiro atoms. The summed E-state index contributed by atoms with van der Waals surface area (Å²) in [4.78, 5) is 11.6. The van der Waals surface area contributed by atoms with Gasteiger partial charge in [0.25, 0.3) is 0 Å². The summed E-state index contributed by atoms with van der Waals surface area (Å²) in [6, 6.07) is 4.20. The predicted octanol–water partition coefficient (Wildman–Crippen LogP) is 1.22. The molecule has 0 bridgehead atoms. The molecular weight excluding hydrogens is 222 g/mol. The zero-order valence-corrected chi connectivity index (χ0v) is 10.2. The van der Waals surface area contributed by atoms with Crippen molar-refractivity contribution in [2.24, 2.45) is 0 Å². The first kappa shape index (κ1) is 13.3. The number of esters is 1. The lowest BCUT2D eigenvalue weighted by Gasteiger charge is -2.15. The second kappa shape index (κ2) is 6.10. The number of rotatable bonds is 5. The maximum atomic E-state index is 11.6. The number of nitrogens with one attached hydrogen (secondary N) is 1. The van der Waals surface area contributed by atoms with Crippen molar-refractivity contribution in [1.29, 1.82) is 0 Å². The highest BCUT2D eigenvalue weighted by Gasteiger charge is 2.20. The Hall–Kier alpha value is -1.75. The Morgan fingerprint density at radius 3 is 2.71 bits per heavy atom. The molecule has 17 heavy (non-hydrogen) atoms. The van der Waals surface area contributed by atoms with Crippen LogP contribution in [0.4, 0.5) is 0 Å². The average Bonchev–Trinajstić information content (AvgIpc) is 2.30. The summed E-state index contributed by atoms with van der Waals surface area (Å²) in [6.45, 7) is 2.06. The van der Waals surface area contributed by atoms with Gasteiger partial charge in [-0.05, 0) is 31.7 Å². The molecule has 0 heterocycles. The molecule has 0 amide bonds. The fourth-order valence-corrected chi connectivity index (χ4v) is 1.53. The van der Waals surface area contributed by atoms with Crippen molar-refractivity contribution in [3.8, 4) is 11.5 Å². The number of benzene rings is 1. The van der Waals surface area contributed by atoms with Crippen molar-refractivity contribution in [3.05, 3.63) is 23.8 Å². The highest BCUT2D eigenvalue weighted by Crippen LogP contribution is 2.29. The summed E-state index contributed by atoms with van der Waals surface area (Å²) in [5, 5.41) is 12.5. The molecule has 0 aliphatic heterocycles. The minimum Gasteiger partial charge on any atom is -0.504 e. The van der Waals surface area contributed by atoms with E-state index in [4.69, 9.17) is 9.47 Å². The van der Waals surface area contributed by atoms with Crippen molar-refractivity contribution in [3.63, 3.8) is 0 Å². The Balaban J connectivity index is 2.96. The Bertz CT molecular complexity index is 392. The molecule has 5 heteroatoms. The molecule has 94 valence electrons. The smallest absolute Gasteiger partial charge is 0.327 e. The van der Waals surface area contributed by atoms with Gasteiger partial charge in [0.2, 0.25) is 0 Å². The van der Waals surface area contributed by atoms with Crippen LogP contribution in [0.5, 0.6) is 11.5 Å². The molecule has 5 nitrogen and oxygen atoms in total. The van der Waals surface area contributed by atoms with E-state index in [0.29, 0.717) is 17.9 Å². The topological polar surface area (TPSA) is 67.8 Å². The number of hydrogen-bond donors (Lipinski definition) is 2. The van der Waals surface area contributed by atoms with Gasteiger partial charge in [-0.3, -0.25) is 0 Å². The summed E-state index contributed by atoms with van der Waals surface area (Å²) in [6.07, 6.45) is 0. The molecule has 0 saturated heterocycles. The van der Waals surface area contributed by atoms with Crippen LogP contribution in [0, 0.1) is 0 Å². The van der Waals surface area contributed by atoms with Gasteiger partial charge < -0.3 is 19.9 Å². The Morgan fingerprint density at radius 2 is 2.24 bits per heavy atom. The molecular formula is C12H17NO4. The van der Waals surface area contributed by atoms with E-state index in [9.17, 15) is 9.90 Å². The molecule has 0 saturated carbocycles. The quantitative estimate of drug-likeness (QED) is 0.756. The van der Waals surface area contributed by atoms with Gasteiger partial charge in [-0.1, -0.05) is 6.07 Å². The number of aromatic hydroxyl groups is 1. The van der Waals surface area contributed by atoms with Crippen molar-refractivity contribution in [1.82, 2.24) is 5.32 Å². The minimum absolute atomic E-state index is 0.00505. The molecule has 0 aromatic heterocycles. The van der Waals surface area contributed by atoms with Crippen LogP contribution in [0.15, 0.2) is 18.2 Å². The van der Waals surface area contributed by atoms with E-state index < -0.39 is 6.04 Å². The molecule has 0 aliphatic rings. The average molecular weight is 239 g/mol. The van der Waals surface area contributed by atoms with E-state index in [2.05, 4.69) is 5.32 Å². The predicted molar refractivity (Wildman–Crippen MR) is 63.1 cm³/mol. The molecule has 1 unspecified atom stereocenters. The molecule has 1 aromatic carbocycles. The van der Waals surface area contributed by atoms with Gasteiger partial charge >= 0.3 is 5.97 Å². The number of hydrogen-bond acceptors (Lipinski definition) is 5. The van der Waals surface area contributed by atoms with Crippen LogP contribution in [0.2, 0.25) is 0 Å². The third kappa shape index (κ3) is 3.10. The van der Waals surface area contributed by atoms with Gasteiger partial charge in [0.1, 0.15) is 6.04 Å². The lowest BCUT2D eigenvalue weighted by Crippen LogP contribution is -2.27. The van der Waals surface area contributed by atoms with E-state index in [1.165, 1.54) is 13.2 Å². The van der Waals surface area contributed by atoms with Gasteiger partial charge in [0, 0.05) is 0 Å². The minimum atomic E-state index is -0.591. The number of carbonyl (C=O) groups excluding carboxylic acids is 1. The summed E-state index contributed by atoms with van der Waals surface area (Å²) >= 11 is 0. The fourth-order valence-electron chi connectivity index (χ4n) is 1.53. The van der Waals surface area contributed by atoms with Crippen LogP contribution in [0.1, 0.15) is 18.5 Å². The maximum absolute atomic E-state index is 11.6. The summed E-state index contributed by atoms with van der Waals surface area (Å²) in [5.41, 5.74) is 0.629. The van der Waals surface area contributed by atoms with Crippen molar-refractivity contribution >= 4 is 5.97 Å². The van der Waals surface area contributed by atoms with Crippen LogP contribution < -0.4 is 10.1 Å². The lowest BCUT2D eigenvalue weighted by molar-refractivity contribution is -0.145. The van der Waals surface area contributed by atoms with Crippen molar-refractivity contribution in [2.75, 3.05) is 20.8 Å². The zero-order valence-electron chi connectivity index (χ0n) is 10.2. The standard InChI is InChI=1S/C12H17NO4/c1-4-17-12(15)11(13-2)8-5-6-10(16-3)9(14)7-8/h5-7,11,13-14H,4H2,1-3H3. The molecule has 0 radical (unpaired) electrons. The van der Waals surface area contributed by atoms with Crippen LogP contribution in [-0.4, -0.2) is 31.8 Å². The van der Waals surface area contributed by atoms with Gasteiger partial charge in [0.05, 0.1) is 13.7 Å². The van der Waals surface area contributed by atoms with Crippen LogP contribution in [0.3, 0.4) is 0 Å². The number of ether oxygens (including phenoxy) is 2. The first-order chi connectivity index (χ1) is 8.13. The second-order valence-corrected chi connectivity index (χ2v) is 3.41. The number of carbonyl (C=O) groups is 1. The largest absolute Gasteiger partial charge is 0.504 e. The summed E-state index contributed by atoms with van der Waals surface area (Å²) in [7, 11) is 3.12. The molecule has 2 N–H and O–H groups in total. The van der Waals surface area contributed by atoms with E-state index >= 15 is 0 Å². The van der Waals surface area contributed by atoms with E-state index in [1.807, 2.05) is 0 Å². The monoisotopic (exact) mass is 239 g/mol. The molecule has 1 aromatic rings. The van der Waals surface area contributed by atoms with Gasteiger partial charge in [-0.15, -0.1) is 0 Å². The second-order valence-electron chi connectivity index (χ2n) is 3.41. The van der Waals surface area contributed by atoms with Gasteiger partial charge in [-0.2, -0.15) is 0 Å². The van der Waals surface area contributed by atoms with E-state index in [1.54, 1.807) is 26.1 Å². The summed E-state index contributed by atoms with van der Waals surface area (Å²) < 4.78 is 9.87. The highest BCUT2D eigenvalue weighted by molar-refractivity contribution is 5.78. The third-order valence-corrected chi connectivity index (χ3v) is 2.35. The van der Waals surface area contributed by atoms with Crippen LogP contribution >= 0.6 is 0 Å². The normalized spacial score (nSPS) is 11.9. The molecule has 0 fully saturated rings. The van der Waals surface area contributed by atoms with Crippen LogP contribution in [0.25, 0.3) is 0 Å². The summed E-state index contributed by atoms with van der Waals surface area (Å²) in [5.74, 6) is -0.0124. The number of phenolic OH excluding ortho intramolecular Hbond substituents is 1.